The molecule has 1 saturated carbocycles. The van der Waals surface area contributed by atoms with Crippen LogP contribution in [0.1, 0.15) is 12.8 Å². The summed E-state index contributed by atoms with van der Waals surface area (Å²) in [5.41, 5.74) is 0.108. The maximum Gasteiger partial charge on any atom is 0.319 e. The Hall–Kier alpha value is -1.73. The highest BCUT2D eigenvalue weighted by Crippen LogP contribution is 2.47. The van der Waals surface area contributed by atoms with Gasteiger partial charge in [0.05, 0.1) is 22.4 Å². The van der Waals surface area contributed by atoms with Gasteiger partial charge >= 0.3 is 5.97 Å². The molecule has 1 aliphatic rings. The number of aromatic nitrogens is 2. The third-order valence-electron chi connectivity index (χ3n) is 3.21. The third kappa shape index (κ3) is 1.85. The number of aliphatic carboxylic acids is 1. The van der Waals surface area contributed by atoms with Gasteiger partial charge in [0.25, 0.3) is 0 Å². The number of amides is 1. The molecular formula is C11H8ClN3O3S. The molecule has 3 rings (SSSR count). The number of carbonyl (C=O) groups is 2. The topological polar surface area (TPSA) is 92.2 Å². The van der Waals surface area contributed by atoms with Crippen LogP contribution in [0, 0.1) is 5.41 Å². The lowest BCUT2D eigenvalue weighted by Crippen LogP contribution is -2.31. The molecule has 0 saturated heterocycles. The van der Waals surface area contributed by atoms with Crippen molar-refractivity contribution in [1.29, 1.82) is 0 Å². The standard InChI is InChI=1S/C11H8ClN3O3S/c12-5-1-2-6-8(15-19-14-6)7(5)13-9(16)11(3-4-11)10(17)18/h1-2H,3-4H2,(H,13,16)(H,17,18). The smallest absolute Gasteiger partial charge is 0.319 e. The second-order valence-electron chi connectivity index (χ2n) is 4.40. The Labute approximate surface area is 116 Å². The fourth-order valence-electron chi connectivity index (χ4n) is 1.84. The van der Waals surface area contributed by atoms with Crippen molar-refractivity contribution in [1.82, 2.24) is 8.75 Å². The highest BCUT2D eigenvalue weighted by Gasteiger charge is 2.57. The van der Waals surface area contributed by atoms with E-state index in [0.717, 1.165) is 11.7 Å². The zero-order valence-electron chi connectivity index (χ0n) is 9.51. The molecule has 1 amide bonds. The van der Waals surface area contributed by atoms with Crippen molar-refractivity contribution in [3.05, 3.63) is 17.2 Å². The Morgan fingerprint density at radius 1 is 1.37 bits per heavy atom. The summed E-state index contributed by atoms with van der Waals surface area (Å²) in [6.07, 6.45) is 0.689. The molecule has 0 spiro atoms. The van der Waals surface area contributed by atoms with Gasteiger partial charge in [0.2, 0.25) is 5.91 Å². The van der Waals surface area contributed by atoms with Gasteiger partial charge in [-0.3, -0.25) is 9.59 Å². The molecule has 8 heteroatoms. The molecule has 0 radical (unpaired) electrons. The van der Waals surface area contributed by atoms with E-state index in [1.165, 1.54) is 0 Å². The molecule has 0 bridgehead atoms. The monoisotopic (exact) mass is 297 g/mol. The minimum absolute atomic E-state index is 0.315. The van der Waals surface area contributed by atoms with Crippen LogP contribution in [0.5, 0.6) is 0 Å². The molecular weight excluding hydrogens is 290 g/mol. The molecule has 98 valence electrons. The second-order valence-corrected chi connectivity index (χ2v) is 5.33. The fourth-order valence-corrected chi connectivity index (χ4v) is 2.58. The summed E-state index contributed by atoms with van der Waals surface area (Å²) in [4.78, 5) is 23.2. The summed E-state index contributed by atoms with van der Waals surface area (Å²) in [6, 6.07) is 3.29. The molecule has 1 heterocycles. The summed E-state index contributed by atoms with van der Waals surface area (Å²) >= 11 is 7.03. The first kappa shape index (κ1) is 12.3. The fraction of sp³-hybridized carbons (Fsp3) is 0.273. The molecule has 6 nitrogen and oxygen atoms in total. The van der Waals surface area contributed by atoms with Crippen molar-refractivity contribution in [2.75, 3.05) is 5.32 Å². The first-order valence-corrected chi connectivity index (χ1v) is 6.61. The Kier molecular flexibility index (Phi) is 2.68. The summed E-state index contributed by atoms with van der Waals surface area (Å²) in [5, 5.41) is 12.0. The largest absolute Gasteiger partial charge is 0.480 e. The Morgan fingerprint density at radius 3 is 2.74 bits per heavy atom. The number of rotatable bonds is 3. The van der Waals surface area contributed by atoms with Gasteiger partial charge < -0.3 is 10.4 Å². The minimum atomic E-state index is -1.31. The lowest BCUT2D eigenvalue weighted by Gasteiger charge is -2.12. The minimum Gasteiger partial charge on any atom is -0.480 e. The quantitative estimate of drug-likeness (QED) is 0.847. The van der Waals surface area contributed by atoms with Crippen LogP contribution in [0.2, 0.25) is 5.02 Å². The van der Waals surface area contributed by atoms with Crippen LogP contribution in [0.4, 0.5) is 5.69 Å². The predicted octanol–water partition coefficient (Wildman–Crippen LogP) is 2.15. The Morgan fingerprint density at radius 2 is 2.11 bits per heavy atom. The van der Waals surface area contributed by atoms with E-state index in [1.54, 1.807) is 12.1 Å². The SMILES string of the molecule is O=C(O)C1(C(=O)Nc2c(Cl)ccc3nsnc23)CC1. The van der Waals surface area contributed by atoms with Crippen molar-refractivity contribution in [3.63, 3.8) is 0 Å². The van der Waals surface area contributed by atoms with Crippen LogP contribution in [0.25, 0.3) is 11.0 Å². The zero-order valence-corrected chi connectivity index (χ0v) is 11.1. The van der Waals surface area contributed by atoms with Gasteiger partial charge in [0, 0.05) is 0 Å². The van der Waals surface area contributed by atoms with Crippen LogP contribution >= 0.6 is 23.3 Å². The number of hydrogen-bond donors (Lipinski definition) is 2. The number of benzene rings is 1. The number of nitrogens with zero attached hydrogens (tertiary/aromatic N) is 2. The van der Waals surface area contributed by atoms with Crippen LogP contribution in [0.3, 0.4) is 0 Å². The van der Waals surface area contributed by atoms with E-state index in [1.807, 2.05) is 0 Å². The molecule has 19 heavy (non-hydrogen) atoms. The average Bonchev–Trinajstić information content (AvgIpc) is 3.06. The molecule has 2 aromatic rings. The van der Waals surface area contributed by atoms with Gasteiger partial charge in [-0.15, -0.1) is 0 Å². The van der Waals surface area contributed by atoms with E-state index in [9.17, 15) is 9.59 Å². The molecule has 2 N–H and O–H groups in total. The number of fused-ring (bicyclic) bond motifs is 1. The van der Waals surface area contributed by atoms with Gasteiger partial charge in [-0.2, -0.15) is 8.75 Å². The van der Waals surface area contributed by atoms with Crippen LogP contribution in [-0.2, 0) is 9.59 Å². The molecule has 0 atom stereocenters. The maximum atomic E-state index is 12.1. The number of carboxylic acids is 1. The van der Waals surface area contributed by atoms with Crippen LogP contribution < -0.4 is 5.32 Å². The van der Waals surface area contributed by atoms with Crippen molar-refractivity contribution in [3.8, 4) is 0 Å². The maximum absolute atomic E-state index is 12.1. The van der Waals surface area contributed by atoms with E-state index in [0.29, 0.717) is 34.6 Å². The number of anilines is 1. The predicted molar refractivity (Wildman–Crippen MR) is 70.4 cm³/mol. The molecule has 0 unspecified atom stereocenters. The van der Waals surface area contributed by atoms with Crippen LogP contribution in [-0.4, -0.2) is 25.7 Å². The van der Waals surface area contributed by atoms with Crippen LogP contribution in [0.15, 0.2) is 12.1 Å². The van der Waals surface area contributed by atoms with E-state index in [4.69, 9.17) is 16.7 Å². The molecule has 1 fully saturated rings. The first-order valence-electron chi connectivity index (χ1n) is 5.50. The van der Waals surface area contributed by atoms with Gasteiger partial charge in [-0.05, 0) is 25.0 Å². The zero-order chi connectivity index (χ0) is 13.6. The highest BCUT2D eigenvalue weighted by molar-refractivity contribution is 7.00. The van der Waals surface area contributed by atoms with Gasteiger partial charge in [-0.25, -0.2) is 0 Å². The van der Waals surface area contributed by atoms with Crippen molar-refractivity contribution < 1.29 is 14.7 Å². The van der Waals surface area contributed by atoms with Crippen molar-refractivity contribution in [2.24, 2.45) is 5.41 Å². The summed E-state index contributed by atoms with van der Waals surface area (Å²) in [7, 11) is 0. The van der Waals surface area contributed by atoms with Crippen molar-refractivity contribution >= 4 is 51.9 Å². The van der Waals surface area contributed by atoms with Gasteiger partial charge in [0.1, 0.15) is 16.4 Å². The molecule has 1 aromatic carbocycles. The van der Waals surface area contributed by atoms with Gasteiger partial charge in [-0.1, -0.05) is 11.6 Å². The number of carbonyl (C=O) groups excluding carboxylic acids is 1. The van der Waals surface area contributed by atoms with E-state index in [2.05, 4.69) is 14.1 Å². The van der Waals surface area contributed by atoms with Crippen molar-refractivity contribution in [2.45, 2.75) is 12.8 Å². The molecule has 0 aliphatic heterocycles. The number of nitrogens with one attached hydrogen (secondary N) is 1. The highest BCUT2D eigenvalue weighted by atomic mass is 35.5. The number of halogens is 1. The van der Waals surface area contributed by atoms with E-state index in [-0.39, 0.29) is 0 Å². The normalized spacial score (nSPS) is 16.3. The van der Waals surface area contributed by atoms with Gasteiger partial charge in [0.15, 0.2) is 0 Å². The Bertz CT molecular complexity index is 696. The third-order valence-corrected chi connectivity index (χ3v) is 4.07. The Balaban J connectivity index is 1.98. The summed E-state index contributed by atoms with van der Waals surface area (Å²) < 4.78 is 8.11. The molecule has 1 aliphatic carbocycles. The molecule has 1 aromatic heterocycles. The number of hydrogen-bond acceptors (Lipinski definition) is 5. The number of carboxylic acid groups (broad SMARTS) is 1. The lowest BCUT2D eigenvalue weighted by atomic mass is 10.1. The first-order chi connectivity index (χ1) is 9.04. The summed E-state index contributed by atoms with van der Waals surface area (Å²) in [6.45, 7) is 0. The van der Waals surface area contributed by atoms with E-state index < -0.39 is 17.3 Å². The van der Waals surface area contributed by atoms with E-state index >= 15 is 0 Å². The summed E-state index contributed by atoms with van der Waals surface area (Å²) in [5.74, 6) is -1.66. The second kappa shape index (κ2) is 4.14. The average molecular weight is 298 g/mol. The lowest BCUT2D eigenvalue weighted by molar-refractivity contribution is -0.147.